The van der Waals surface area contributed by atoms with E-state index in [2.05, 4.69) is 10.6 Å². The van der Waals surface area contributed by atoms with Crippen LogP contribution in [-0.2, 0) is 9.59 Å². The maximum atomic E-state index is 13.8. The number of Topliss-reactive ketones (excluding diaryl/α,β-unsaturated/α-hetero) is 1. The predicted molar refractivity (Wildman–Crippen MR) is 142 cm³/mol. The second kappa shape index (κ2) is 10.2. The number of halogens is 2. The molecule has 1 heterocycles. The molecule has 5 rings (SSSR count). The van der Waals surface area contributed by atoms with Crippen molar-refractivity contribution in [1.29, 1.82) is 0 Å². The fourth-order valence-electron chi connectivity index (χ4n) is 5.25. The van der Waals surface area contributed by atoms with E-state index in [1.165, 1.54) is 30.3 Å². The number of nitrogens with one attached hydrogen (secondary N) is 2. The molecule has 1 aliphatic carbocycles. The van der Waals surface area contributed by atoms with Crippen LogP contribution in [0.25, 0.3) is 0 Å². The molecule has 9 heteroatoms. The molecule has 0 saturated heterocycles. The van der Waals surface area contributed by atoms with Gasteiger partial charge < -0.3 is 10.6 Å². The molecule has 0 bridgehead atoms. The third-order valence-corrected chi connectivity index (χ3v) is 7.25. The van der Waals surface area contributed by atoms with Gasteiger partial charge in [0.2, 0.25) is 0 Å². The number of anilines is 1. The molecule has 0 radical (unpaired) electrons. The Morgan fingerprint density at radius 2 is 1.82 bits per heavy atom. The quantitative estimate of drug-likeness (QED) is 0.293. The molecule has 0 saturated carbocycles. The Bertz CT molecular complexity index is 1530. The van der Waals surface area contributed by atoms with E-state index in [1.807, 2.05) is 30.3 Å². The van der Waals surface area contributed by atoms with Gasteiger partial charge in [-0.2, -0.15) is 0 Å². The number of hydrogen-bond donors (Lipinski definition) is 2. The van der Waals surface area contributed by atoms with Crippen molar-refractivity contribution in [3.05, 3.63) is 127 Å². The van der Waals surface area contributed by atoms with E-state index in [-0.39, 0.29) is 40.1 Å². The summed E-state index contributed by atoms with van der Waals surface area (Å²) in [5.41, 5.74) is 3.14. The first-order valence-corrected chi connectivity index (χ1v) is 12.4. The summed E-state index contributed by atoms with van der Waals surface area (Å²) in [6.07, 6.45) is 0.766. The molecular formula is C29H23ClFN3O4. The van der Waals surface area contributed by atoms with Gasteiger partial charge in [-0.15, -0.1) is 0 Å². The van der Waals surface area contributed by atoms with Gasteiger partial charge in [-0.05, 0) is 54.7 Å². The van der Waals surface area contributed by atoms with E-state index in [0.29, 0.717) is 29.0 Å². The minimum absolute atomic E-state index is 0.0486. The lowest BCUT2D eigenvalue weighted by molar-refractivity contribution is -0.384. The average Bonchev–Trinajstić information content (AvgIpc) is 2.88. The smallest absolute Gasteiger partial charge is 0.288 e. The van der Waals surface area contributed by atoms with Gasteiger partial charge in [-0.25, -0.2) is 4.39 Å². The van der Waals surface area contributed by atoms with E-state index >= 15 is 0 Å². The number of allylic oxidation sites excluding steroid dienone is 3. The van der Waals surface area contributed by atoms with Crippen molar-refractivity contribution in [2.45, 2.75) is 31.6 Å². The van der Waals surface area contributed by atoms with Gasteiger partial charge in [-0.3, -0.25) is 19.7 Å². The molecule has 1 aliphatic heterocycles. The van der Waals surface area contributed by atoms with E-state index in [4.69, 9.17) is 11.6 Å². The number of nitro groups is 1. The second-order valence-electron chi connectivity index (χ2n) is 9.36. The molecule has 192 valence electrons. The normalized spacial score (nSPS) is 19.1. The van der Waals surface area contributed by atoms with Gasteiger partial charge in [0.05, 0.1) is 4.92 Å². The first-order chi connectivity index (χ1) is 18.2. The molecule has 1 amide bonds. The van der Waals surface area contributed by atoms with Gasteiger partial charge in [0.15, 0.2) is 5.78 Å². The lowest BCUT2D eigenvalue weighted by Gasteiger charge is -2.37. The summed E-state index contributed by atoms with van der Waals surface area (Å²) in [7, 11) is 0. The lowest BCUT2D eigenvalue weighted by Crippen LogP contribution is -2.37. The van der Waals surface area contributed by atoms with Crippen LogP contribution >= 0.6 is 11.6 Å². The van der Waals surface area contributed by atoms with Crippen LogP contribution in [0.5, 0.6) is 0 Å². The molecule has 2 atom stereocenters. The molecular weight excluding hydrogens is 509 g/mol. The molecule has 0 aromatic heterocycles. The number of nitrogens with zero attached hydrogens (tertiary/aromatic N) is 1. The van der Waals surface area contributed by atoms with Crippen molar-refractivity contribution in [1.82, 2.24) is 5.32 Å². The lowest BCUT2D eigenvalue weighted by atomic mass is 9.71. The summed E-state index contributed by atoms with van der Waals surface area (Å²) in [6.45, 7) is 1.72. The van der Waals surface area contributed by atoms with Gasteiger partial charge in [-0.1, -0.05) is 54.1 Å². The van der Waals surface area contributed by atoms with Gasteiger partial charge >= 0.3 is 0 Å². The monoisotopic (exact) mass is 531 g/mol. The number of benzene rings is 3. The molecule has 0 fully saturated rings. The fraction of sp³-hybridized carbons (Fsp3) is 0.172. The summed E-state index contributed by atoms with van der Waals surface area (Å²) in [5.74, 6) is -2.14. The number of hydrogen-bond acceptors (Lipinski definition) is 5. The van der Waals surface area contributed by atoms with Crippen LogP contribution in [0, 0.1) is 15.9 Å². The molecule has 2 unspecified atom stereocenters. The van der Waals surface area contributed by atoms with Crippen LogP contribution in [0.4, 0.5) is 15.8 Å². The fourth-order valence-corrected chi connectivity index (χ4v) is 5.43. The highest BCUT2D eigenvalue weighted by molar-refractivity contribution is 6.32. The van der Waals surface area contributed by atoms with E-state index < -0.39 is 22.6 Å². The largest absolute Gasteiger partial charge is 0.362 e. The van der Waals surface area contributed by atoms with Crippen LogP contribution in [-0.4, -0.2) is 16.6 Å². The van der Waals surface area contributed by atoms with Crippen LogP contribution in [0.15, 0.2) is 95.3 Å². The topological polar surface area (TPSA) is 101 Å². The first kappa shape index (κ1) is 25.4. The van der Waals surface area contributed by atoms with Gasteiger partial charge in [0.1, 0.15) is 10.8 Å². The second-order valence-corrected chi connectivity index (χ2v) is 9.77. The van der Waals surface area contributed by atoms with Crippen molar-refractivity contribution in [2.75, 3.05) is 5.32 Å². The van der Waals surface area contributed by atoms with Crippen LogP contribution in [0.3, 0.4) is 0 Å². The minimum Gasteiger partial charge on any atom is -0.362 e. The molecule has 2 aliphatic rings. The summed E-state index contributed by atoms with van der Waals surface area (Å²) < 4.78 is 13.8. The Kier molecular flexibility index (Phi) is 6.82. The van der Waals surface area contributed by atoms with E-state index in [1.54, 1.807) is 19.1 Å². The minimum atomic E-state index is -0.875. The number of ketones is 1. The molecule has 7 nitrogen and oxygen atoms in total. The zero-order valence-corrected chi connectivity index (χ0v) is 21.1. The Morgan fingerprint density at radius 1 is 1.05 bits per heavy atom. The summed E-state index contributed by atoms with van der Waals surface area (Å²) >= 11 is 6.07. The number of dihydropyridines is 1. The summed E-state index contributed by atoms with van der Waals surface area (Å²) in [6, 6.07) is 19.5. The van der Waals surface area contributed by atoms with Crippen molar-refractivity contribution in [3.8, 4) is 0 Å². The maximum Gasteiger partial charge on any atom is 0.288 e. The highest BCUT2D eigenvalue weighted by atomic mass is 35.5. The third kappa shape index (κ3) is 4.82. The SMILES string of the molecule is CC1=C(C(=O)Nc2cccc(F)c2)C(c2ccc(Cl)c([N+](=O)[O-])c2)C2=C(CC(c3ccccc3)CC2=O)N1. The van der Waals surface area contributed by atoms with Crippen molar-refractivity contribution in [2.24, 2.45) is 0 Å². The molecule has 3 aromatic carbocycles. The standard InChI is InChI=1S/C29H23ClFN3O4/c1-16-26(29(36)33-21-9-5-8-20(31)15-21)27(18-10-11-22(30)24(13-18)34(37)38)28-23(32-16)12-19(14-25(28)35)17-6-3-2-4-7-17/h2-11,13,15,19,27,32H,12,14H2,1H3,(H,33,36). The van der Waals surface area contributed by atoms with Crippen LogP contribution in [0.2, 0.25) is 5.02 Å². The molecule has 2 N–H and O–H groups in total. The number of carbonyl (C=O) groups excluding carboxylic acids is 2. The van der Waals surface area contributed by atoms with E-state index in [0.717, 1.165) is 5.56 Å². The highest BCUT2D eigenvalue weighted by Gasteiger charge is 2.41. The number of rotatable bonds is 5. The van der Waals surface area contributed by atoms with Crippen molar-refractivity contribution < 1.29 is 18.9 Å². The number of amides is 1. The third-order valence-electron chi connectivity index (χ3n) is 6.93. The van der Waals surface area contributed by atoms with Gasteiger partial charge in [0, 0.05) is 46.6 Å². The highest BCUT2D eigenvalue weighted by Crippen LogP contribution is 2.46. The van der Waals surface area contributed by atoms with Crippen LogP contribution in [0.1, 0.15) is 42.7 Å². The molecule has 3 aromatic rings. The number of nitro benzene ring substituents is 1. The molecule has 0 spiro atoms. The average molecular weight is 532 g/mol. The first-order valence-electron chi connectivity index (χ1n) is 12.0. The Labute approximate surface area is 223 Å². The zero-order valence-electron chi connectivity index (χ0n) is 20.3. The van der Waals surface area contributed by atoms with E-state index in [9.17, 15) is 24.1 Å². The Balaban J connectivity index is 1.61. The molecule has 38 heavy (non-hydrogen) atoms. The summed E-state index contributed by atoms with van der Waals surface area (Å²) in [4.78, 5) is 38.4. The number of carbonyl (C=O) groups is 2. The van der Waals surface area contributed by atoms with Crippen molar-refractivity contribution >= 4 is 34.7 Å². The zero-order chi connectivity index (χ0) is 27.0. The maximum absolute atomic E-state index is 13.8. The van der Waals surface area contributed by atoms with Crippen molar-refractivity contribution in [3.63, 3.8) is 0 Å². The predicted octanol–water partition coefficient (Wildman–Crippen LogP) is 6.39. The van der Waals surface area contributed by atoms with Gasteiger partial charge in [0.25, 0.3) is 11.6 Å². The Hall–Kier alpha value is -4.30. The van der Waals surface area contributed by atoms with Crippen LogP contribution < -0.4 is 10.6 Å². The Morgan fingerprint density at radius 3 is 2.53 bits per heavy atom. The summed E-state index contributed by atoms with van der Waals surface area (Å²) in [5, 5.41) is 17.6.